The van der Waals surface area contributed by atoms with Crippen LogP contribution in [-0.2, 0) is 4.79 Å². The lowest BCUT2D eigenvalue weighted by atomic mass is 10.1. The summed E-state index contributed by atoms with van der Waals surface area (Å²) in [6.45, 7) is 4.44. The number of nitrogens with one attached hydrogen (secondary N) is 2. The second kappa shape index (κ2) is 5.08. The van der Waals surface area contributed by atoms with E-state index in [1.165, 1.54) is 11.1 Å². The summed E-state index contributed by atoms with van der Waals surface area (Å²) in [5, 5.41) is 6.11. The van der Waals surface area contributed by atoms with Crippen LogP contribution in [0.25, 0.3) is 0 Å². The fraction of sp³-hybridized carbons (Fsp3) is 0.462. The SMILES string of the molecule is Cc1cc(NCC(=O)NC2CC2)cc(C)c1Br. The molecule has 0 saturated heterocycles. The fourth-order valence-corrected chi connectivity index (χ4v) is 1.97. The molecule has 2 rings (SSSR count). The third-order valence-electron chi connectivity index (χ3n) is 2.83. The van der Waals surface area contributed by atoms with Gasteiger partial charge in [-0.1, -0.05) is 15.9 Å². The summed E-state index contributed by atoms with van der Waals surface area (Å²) in [5.74, 6) is 0.0747. The van der Waals surface area contributed by atoms with Crippen LogP contribution in [0.4, 0.5) is 5.69 Å². The van der Waals surface area contributed by atoms with Crippen molar-refractivity contribution in [1.82, 2.24) is 5.32 Å². The van der Waals surface area contributed by atoms with Crippen molar-refractivity contribution in [2.75, 3.05) is 11.9 Å². The number of benzene rings is 1. The first-order chi connectivity index (χ1) is 8.06. The minimum Gasteiger partial charge on any atom is -0.376 e. The first-order valence-corrected chi connectivity index (χ1v) is 6.65. The molecule has 0 heterocycles. The zero-order valence-electron chi connectivity index (χ0n) is 10.1. The largest absolute Gasteiger partial charge is 0.376 e. The normalized spacial score (nSPS) is 14.5. The number of rotatable bonds is 4. The zero-order chi connectivity index (χ0) is 12.4. The Balaban J connectivity index is 1.91. The maximum Gasteiger partial charge on any atom is 0.239 e. The van der Waals surface area contributed by atoms with E-state index in [1.54, 1.807) is 0 Å². The maximum absolute atomic E-state index is 11.5. The van der Waals surface area contributed by atoms with E-state index in [9.17, 15) is 4.79 Å². The van der Waals surface area contributed by atoms with Crippen LogP contribution < -0.4 is 10.6 Å². The zero-order valence-corrected chi connectivity index (χ0v) is 11.7. The molecule has 0 aromatic heterocycles. The highest BCUT2D eigenvalue weighted by Crippen LogP contribution is 2.24. The molecule has 1 aliphatic rings. The Hall–Kier alpha value is -1.03. The monoisotopic (exact) mass is 296 g/mol. The molecule has 1 saturated carbocycles. The van der Waals surface area contributed by atoms with Gasteiger partial charge in [0.2, 0.25) is 5.91 Å². The number of halogens is 1. The quantitative estimate of drug-likeness (QED) is 0.897. The van der Waals surface area contributed by atoms with Crippen LogP contribution in [0.15, 0.2) is 16.6 Å². The number of aryl methyl sites for hydroxylation is 2. The Morgan fingerprint density at radius 3 is 2.47 bits per heavy atom. The van der Waals surface area contributed by atoms with Gasteiger partial charge in [0, 0.05) is 16.2 Å². The topological polar surface area (TPSA) is 41.1 Å². The van der Waals surface area contributed by atoms with Gasteiger partial charge in [0.25, 0.3) is 0 Å². The predicted molar refractivity (Wildman–Crippen MR) is 73.3 cm³/mol. The van der Waals surface area contributed by atoms with Crippen LogP contribution in [-0.4, -0.2) is 18.5 Å². The van der Waals surface area contributed by atoms with Gasteiger partial charge in [-0.15, -0.1) is 0 Å². The third-order valence-corrected chi connectivity index (χ3v) is 4.08. The molecule has 1 fully saturated rings. The molecule has 1 aromatic carbocycles. The number of anilines is 1. The molecular weight excluding hydrogens is 280 g/mol. The highest BCUT2D eigenvalue weighted by Gasteiger charge is 2.22. The summed E-state index contributed by atoms with van der Waals surface area (Å²) in [5.41, 5.74) is 3.35. The lowest BCUT2D eigenvalue weighted by molar-refractivity contribution is -0.119. The van der Waals surface area contributed by atoms with Crippen LogP contribution in [0, 0.1) is 13.8 Å². The Morgan fingerprint density at radius 2 is 1.94 bits per heavy atom. The first kappa shape index (κ1) is 12.4. The maximum atomic E-state index is 11.5. The third kappa shape index (κ3) is 3.46. The summed E-state index contributed by atoms with van der Waals surface area (Å²) < 4.78 is 1.13. The van der Waals surface area contributed by atoms with Crippen LogP contribution in [0.2, 0.25) is 0 Å². The molecule has 0 aliphatic heterocycles. The standard InChI is InChI=1S/C13H17BrN2O/c1-8-5-11(6-9(2)13(8)14)15-7-12(17)16-10-3-4-10/h5-6,10,15H,3-4,7H2,1-2H3,(H,16,17). The highest BCUT2D eigenvalue weighted by molar-refractivity contribution is 9.10. The van der Waals surface area contributed by atoms with Crippen molar-refractivity contribution >= 4 is 27.5 Å². The molecule has 4 heteroatoms. The van der Waals surface area contributed by atoms with Crippen molar-refractivity contribution in [2.45, 2.75) is 32.7 Å². The van der Waals surface area contributed by atoms with Gasteiger partial charge in [-0.2, -0.15) is 0 Å². The van der Waals surface area contributed by atoms with E-state index in [0.717, 1.165) is 23.0 Å². The van der Waals surface area contributed by atoms with E-state index in [4.69, 9.17) is 0 Å². The molecule has 0 radical (unpaired) electrons. The predicted octanol–water partition coefficient (Wildman–Crippen LogP) is 2.76. The van der Waals surface area contributed by atoms with Crippen molar-refractivity contribution in [3.63, 3.8) is 0 Å². The minimum absolute atomic E-state index is 0.0747. The van der Waals surface area contributed by atoms with E-state index < -0.39 is 0 Å². The lowest BCUT2D eigenvalue weighted by Crippen LogP contribution is -2.31. The second-order valence-electron chi connectivity index (χ2n) is 4.62. The minimum atomic E-state index is 0.0747. The molecule has 0 bridgehead atoms. The molecule has 2 N–H and O–H groups in total. The molecule has 0 unspecified atom stereocenters. The second-order valence-corrected chi connectivity index (χ2v) is 5.41. The van der Waals surface area contributed by atoms with Gasteiger partial charge >= 0.3 is 0 Å². The van der Waals surface area contributed by atoms with Gasteiger partial charge in [-0.05, 0) is 49.9 Å². The van der Waals surface area contributed by atoms with Crippen molar-refractivity contribution in [2.24, 2.45) is 0 Å². The van der Waals surface area contributed by atoms with Gasteiger partial charge < -0.3 is 10.6 Å². The van der Waals surface area contributed by atoms with Crippen molar-refractivity contribution < 1.29 is 4.79 Å². The Bertz CT molecular complexity index is 418. The Labute approximate surface area is 110 Å². The van der Waals surface area contributed by atoms with E-state index in [2.05, 4.69) is 26.6 Å². The molecule has 1 aromatic rings. The first-order valence-electron chi connectivity index (χ1n) is 5.86. The van der Waals surface area contributed by atoms with E-state index in [-0.39, 0.29) is 5.91 Å². The van der Waals surface area contributed by atoms with Crippen molar-refractivity contribution in [3.05, 3.63) is 27.7 Å². The van der Waals surface area contributed by atoms with E-state index >= 15 is 0 Å². The number of hydrogen-bond donors (Lipinski definition) is 2. The van der Waals surface area contributed by atoms with Crippen molar-refractivity contribution in [3.8, 4) is 0 Å². The van der Waals surface area contributed by atoms with E-state index in [1.807, 2.05) is 26.0 Å². The Kier molecular flexibility index (Phi) is 3.72. The summed E-state index contributed by atoms with van der Waals surface area (Å²) in [6.07, 6.45) is 2.25. The molecule has 92 valence electrons. The molecule has 0 atom stereocenters. The average molecular weight is 297 g/mol. The van der Waals surface area contributed by atoms with Crippen LogP contribution in [0.5, 0.6) is 0 Å². The number of carbonyl (C=O) groups is 1. The van der Waals surface area contributed by atoms with E-state index in [0.29, 0.717) is 12.6 Å². The van der Waals surface area contributed by atoms with Crippen molar-refractivity contribution in [1.29, 1.82) is 0 Å². The average Bonchev–Trinajstić information content (AvgIpc) is 3.06. The number of hydrogen-bond acceptors (Lipinski definition) is 2. The molecular formula is C13H17BrN2O. The van der Waals surface area contributed by atoms with Gasteiger partial charge in [0.1, 0.15) is 0 Å². The smallest absolute Gasteiger partial charge is 0.239 e. The molecule has 3 nitrogen and oxygen atoms in total. The summed E-state index contributed by atoms with van der Waals surface area (Å²) in [7, 11) is 0. The number of amides is 1. The highest BCUT2D eigenvalue weighted by atomic mass is 79.9. The van der Waals surface area contributed by atoms with Gasteiger partial charge in [-0.3, -0.25) is 4.79 Å². The molecule has 17 heavy (non-hydrogen) atoms. The van der Waals surface area contributed by atoms with Crippen LogP contribution in [0.3, 0.4) is 0 Å². The Morgan fingerprint density at radius 1 is 1.35 bits per heavy atom. The summed E-state index contributed by atoms with van der Waals surface area (Å²) >= 11 is 3.53. The van der Waals surface area contributed by atoms with Crippen LogP contribution in [0.1, 0.15) is 24.0 Å². The molecule has 1 amide bonds. The molecule has 1 aliphatic carbocycles. The summed E-state index contributed by atoms with van der Waals surface area (Å²) in [4.78, 5) is 11.5. The van der Waals surface area contributed by atoms with Gasteiger partial charge in [0.05, 0.1) is 6.54 Å². The number of carbonyl (C=O) groups excluding carboxylic acids is 1. The van der Waals surface area contributed by atoms with Crippen LogP contribution >= 0.6 is 15.9 Å². The molecule has 0 spiro atoms. The van der Waals surface area contributed by atoms with Gasteiger partial charge in [0.15, 0.2) is 0 Å². The fourth-order valence-electron chi connectivity index (χ4n) is 1.74. The van der Waals surface area contributed by atoms with Gasteiger partial charge in [-0.25, -0.2) is 0 Å². The summed E-state index contributed by atoms with van der Waals surface area (Å²) in [6, 6.07) is 4.51. The lowest BCUT2D eigenvalue weighted by Gasteiger charge is -2.10.